The van der Waals surface area contributed by atoms with Gasteiger partial charge in [-0.25, -0.2) is 0 Å². The van der Waals surface area contributed by atoms with Crippen LogP contribution in [0.15, 0.2) is 0 Å². The van der Waals surface area contributed by atoms with E-state index in [4.69, 9.17) is 4.74 Å². The molecule has 0 aromatic rings. The van der Waals surface area contributed by atoms with Gasteiger partial charge in [-0.1, -0.05) is 26.2 Å². The van der Waals surface area contributed by atoms with Crippen molar-refractivity contribution in [2.24, 2.45) is 11.8 Å². The van der Waals surface area contributed by atoms with Gasteiger partial charge < -0.3 is 4.74 Å². The Kier molecular flexibility index (Phi) is 5.50. The Balaban J connectivity index is 2.48. The van der Waals surface area contributed by atoms with E-state index in [-0.39, 0.29) is 23.6 Å². The van der Waals surface area contributed by atoms with Gasteiger partial charge in [0.2, 0.25) is 0 Å². The van der Waals surface area contributed by atoms with E-state index < -0.39 is 0 Å². The number of esters is 1. The Morgan fingerprint density at radius 3 is 2.75 bits per heavy atom. The number of hydrogen-bond acceptors (Lipinski definition) is 3. The third-order valence-corrected chi connectivity index (χ3v) is 3.31. The van der Waals surface area contributed by atoms with Crippen molar-refractivity contribution in [1.82, 2.24) is 0 Å². The third-order valence-electron chi connectivity index (χ3n) is 3.31. The summed E-state index contributed by atoms with van der Waals surface area (Å²) in [7, 11) is 0. The van der Waals surface area contributed by atoms with E-state index in [1.165, 1.54) is 0 Å². The van der Waals surface area contributed by atoms with Gasteiger partial charge in [0.1, 0.15) is 5.78 Å². The van der Waals surface area contributed by atoms with E-state index >= 15 is 0 Å². The molecule has 0 saturated heterocycles. The predicted molar refractivity (Wildman–Crippen MR) is 62.0 cm³/mol. The van der Waals surface area contributed by atoms with Crippen LogP contribution in [-0.2, 0) is 14.3 Å². The lowest BCUT2D eigenvalue weighted by Crippen LogP contribution is -2.24. The van der Waals surface area contributed by atoms with Gasteiger partial charge in [-0.3, -0.25) is 9.59 Å². The van der Waals surface area contributed by atoms with Crippen molar-refractivity contribution in [2.75, 3.05) is 6.61 Å². The van der Waals surface area contributed by atoms with E-state index in [1.807, 2.05) is 0 Å². The summed E-state index contributed by atoms with van der Waals surface area (Å²) in [6, 6.07) is 0. The second-order valence-electron chi connectivity index (χ2n) is 4.47. The standard InChI is InChI=1S/C13H22O3/c1-3-5-6-7-10-11(8-9-12(10)14)13(15)16-4-2/h10-11H,3-9H2,1-2H3. The Morgan fingerprint density at radius 2 is 2.12 bits per heavy atom. The van der Waals surface area contributed by atoms with Crippen LogP contribution < -0.4 is 0 Å². The van der Waals surface area contributed by atoms with Crippen LogP contribution in [0.2, 0.25) is 0 Å². The molecule has 0 aliphatic heterocycles. The first kappa shape index (κ1) is 13.2. The van der Waals surface area contributed by atoms with Gasteiger partial charge in [0.05, 0.1) is 12.5 Å². The first-order valence-electron chi connectivity index (χ1n) is 6.40. The lowest BCUT2D eigenvalue weighted by atomic mass is 9.90. The van der Waals surface area contributed by atoms with Gasteiger partial charge in [0.15, 0.2) is 0 Å². The fraction of sp³-hybridized carbons (Fsp3) is 0.846. The van der Waals surface area contributed by atoms with Crippen molar-refractivity contribution >= 4 is 11.8 Å². The maximum atomic E-state index is 11.7. The van der Waals surface area contributed by atoms with E-state index in [0.29, 0.717) is 19.4 Å². The van der Waals surface area contributed by atoms with Crippen LogP contribution in [0.3, 0.4) is 0 Å². The van der Waals surface area contributed by atoms with Gasteiger partial charge in [-0.2, -0.15) is 0 Å². The summed E-state index contributed by atoms with van der Waals surface area (Å²) in [5.41, 5.74) is 0. The Bertz CT molecular complexity index is 248. The number of unbranched alkanes of at least 4 members (excludes halogenated alkanes) is 2. The van der Waals surface area contributed by atoms with Crippen molar-refractivity contribution < 1.29 is 14.3 Å². The SMILES string of the molecule is CCCCCC1C(=O)CCC1C(=O)OCC. The maximum absolute atomic E-state index is 11.7. The monoisotopic (exact) mass is 226 g/mol. The van der Waals surface area contributed by atoms with E-state index in [9.17, 15) is 9.59 Å². The minimum absolute atomic E-state index is 0.0643. The lowest BCUT2D eigenvalue weighted by Gasteiger charge is -2.16. The minimum Gasteiger partial charge on any atom is -0.466 e. The molecule has 0 aromatic heterocycles. The smallest absolute Gasteiger partial charge is 0.309 e. The van der Waals surface area contributed by atoms with E-state index in [0.717, 1.165) is 25.7 Å². The fourth-order valence-corrected chi connectivity index (χ4v) is 2.42. The summed E-state index contributed by atoms with van der Waals surface area (Å²) in [5, 5.41) is 0. The second-order valence-corrected chi connectivity index (χ2v) is 4.47. The number of hydrogen-bond donors (Lipinski definition) is 0. The zero-order valence-corrected chi connectivity index (χ0v) is 10.3. The molecule has 1 saturated carbocycles. The first-order valence-corrected chi connectivity index (χ1v) is 6.40. The average molecular weight is 226 g/mol. The molecule has 1 aliphatic carbocycles. The molecule has 0 N–H and O–H groups in total. The minimum atomic E-state index is -0.171. The highest BCUT2D eigenvalue weighted by atomic mass is 16.5. The van der Waals surface area contributed by atoms with Crippen LogP contribution in [0, 0.1) is 11.8 Å². The summed E-state index contributed by atoms with van der Waals surface area (Å²) in [6.45, 7) is 4.35. The summed E-state index contributed by atoms with van der Waals surface area (Å²) >= 11 is 0. The van der Waals surface area contributed by atoms with Crippen LogP contribution in [0.4, 0.5) is 0 Å². The van der Waals surface area contributed by atoms with E-state index in [2.05, 4.69) is 6.92 Å². The molecule has 16 heavy (non-hydrogen) atoms. The normalized spacial score (nSPS) is 24.8. The number of Topliss-reactive ketones (excluding diaryl/α,β-unsaturated/α-hetero) is 1. The first-order chi connectivity index (χ1) is 7.70. The molecule has 2 unspecified atom stereocenters. The third kappa shape index (κ3) is 3.32. The summed E-state index contributed by atoms with van der Waals surface area (Å²) in [6.07, 6.45) is 5.43. The average Bonchev–Trinajstić information content (AvgIpc) is 2.61. The second kappa shape index (κ2) is 6.66. The van der Waals surface area contributed by atoms with Crippen molar-refractivity contribution in [2.45, 2.75) is 52.4 Å². The molecule has 92 valence electrons. The Morgan fingerprint density at radius 1 is 1.38 bits per heavy atom. The molecule has 1 aliphatic rings. The number of ketones is 1. The number of rotatable bonds is 6. The van der Waals surface area contributed by atoms with Crippen LogP contribution in [0.5, 0.6) is 0 Å². The predicted octanol–water partition coefficient (Wildman–Crippen LogP) is 2.73. The molecule has 1 rings (SSSR count). The largest absolute Gasteiger partial charge is 0.466 e. The quantitative estimate of drug-likeness (QED) is 0.516. The van der Waals surface area contributed by atoms with Crippen LogP contribution in [-0.4, -0.2) is 18.4 Å². The molecule has 0 radical (unpaired) electrons. The highest BCUT2D eigenvalue weighted by Gasteiger charge is 2.39. The zero-order valence-electron chi connectivity index (χ0n) is 10.3. The van der Waals surface area contributed by atoms with Gasteiger partial charge in [-0.15, -0.1) is 0 Å². The van der Waals surface area contributed by atoms with Crippen LogP contribution in [0.25, 0.3) is 0 Å². The molecular formula is C13H22O3. The Hall–Kier alpha value is -0.860. The van der Waals surface area contributed by atoms with Gasteiger partial charge in [-0.05, 0) is 19.8 Å². The zero-order chi connectivity index (χ0) is 12.0. The van der Waals surface area contributed by atoms with Crippen molar-refractivity contribution in [1.29, 1.82) is 0 Å². The number of ether oxygens (including phenoxy) is 1. The van der Waals surface area contributed by atoms with Crippen LogP contribution in [0.1, 0.15) is 52.4 Å². The topological polar surface area (TPSA) is 43.4 Å². The van der Waals surface area contributed by atoms with Crippen molar-refractivity contribution in [3.63, 3.8) is 0 Å². The molecular weight excluding hydrogens is 204 g/mol. The molecule has 3 heteroatoms. The summed E-state index contributed by atoms with van der Waals surface area (Å²) < 4.78 is 5.02. The summed E-state index contributed by atoms with van der Waals surface area (Å²) in [5.74, 6) is -0.140. The van der Waals surface area contributed by atoms with Gasteiger partial charge in [0.25, 0.3) is 0 Å². The number of carbonyl (C=O) groups is 2. The molecule has 0 amide bonds. The van der Waals surface area contributed by atoms with Gasteiger partial charge in [0, 0.05) is 12.3 Å². The summed E-state index contributed by atoms with van der Waals surface area (Å²) in [4.78, 5) is 23.3. The Labute approximate surface area is 97.5 Å². The lowest BCUT2D eigenvalue weighted by molar-refractivity contribution is -0.150. The van der Waals surface area contributed by atoms with Crippen LogP contribution >= 0.6 is 0 Å². The maximum Gasteiger partial charge on any atom is 0.309 e. The molecule has 1 fully saturated rings. The molecule has 0 heterocycles. The van der Waals surface area contributed by atoms with E-state index in [1.54, 1.807) is 6.92 Å². The molecule has 0 aromatic carbocycles. The van der Waals surface area contributed by atoms with Crippen molar-refractivity contribution in [3.05, 3.63) is 0 Å². The molecule has 2 atom stereocenters. The highest BCUT2D eigenvalue weighted by molar-refractivity contribution is 5.90. The molecule has 0 spiro atoms. The van der Waals surface area contributed by atoms with Gasteiger partial charge >= 0.3 is 5.97 Å². The molecule has 3 nitrogen and oxygen atoms in total. The fourth-order valence-electron chi connectivity index (χ4n) is 2.42. The highest BCUT2D eigenvalue weighted by Crippen LogP contribution is 2.33. The molecule has 0 bridgehead atoms. The number of carbonyl (C=O) groups excluding carboxylic acids is 2. The van der Waals surface area contributed by atoms with Crippen molar-refractivity contribution in [3.8, 4) is 0 Å².